The van der Waals surface area contributed by atoms with Gasteiger partial charge in [-0.3, -0.25) is 4.90 Å². The van der Waals surface area contributed by atoms with Gasteiger partial charge in [0, 0.05) is 50.6 Å². The summed E-state index contributed by atoms with van der Waals surface area (Å²) in [5, 5.41) is 19.8. The Morgan fingerprint density at radius 1 is 1.04 bits per heavy atom. The molecule has 0 amide bonds. The molecular weight excluding hydrogens is 301 g/mol. The van der Waals surface area contributed by atoms with E-state index in [1.54, 1.807) is 32.4 Å². The third-order valence-corrected chi connectivity index (χ3v) is 4.28. The third-order valence-electron chi connectivity index (χ3n) is 4.28. The number of ether oxygens (including phenoxy) is 2. The van der Waals surface area contributed by atoms with Crippen LogP contribution in [0.1, 0.15) is 16.7 Å². The first-order chi connectivity index (χ1) is 11.1. The molecule has 2 N–H and O–H groups in total. The van der Waals surface area contributed by atoms with Crippen molar-refractivity contribution < 1.29 is 19.7 Å². The summed E-state index contributed by atoms with van der Waals surface area (Å²) in [6.45, 7) is 2.24. The minimum absolute atomic E-state index is 0. The summed E-state index contributed by atoms with van der Waals surface area (Å²) in [4.78, 5) is 2.25. The summed E-state index contributed by atoms with van der Waals surface area (Å²) in [7, 11) is 3.15. The van der Waals surface area contributed by atoms with E-state index >= 15 is 0 Å². The van der Waals surface area contributed by atoms with Crippen LogP contribution in [0.4, 0.5) is 0 Å². The molecule has 2 aromatic carbocycles. The van der Waals surface area contributed by atoms with Gasteiger partial charge in [0.05, 0.1) is 19.8 Å². The van der Waals surface area contributed by atoms with Crippen LogP contribution in [-0.2, 0) is 19.5 Å². The topological polar surface area (TPSA) is 62.2 Å². The number of phenolic OH excluding ortho intramolecular Hbond substituents is 2. The first kappa shape index (κ1) is 18.5. The number of hydrogen-bond donors (Lipinski definition) is 2. The van der Waals surface area contributed by atoms with Gasteiger partial charge >= 0.3 is 0 Å². The van der Waals surface area contributed by atoms with Crippen molar-refractivity contribution in [2.24, 2.45) is 0 Å². The molecule has 0 bridgehead atoms. The van der Waals surface area contributed by atoms with Crippen molar-refractivity contribution >= 4 is 18.9 Å². The smallest absolute Gasteiger partial charge is 0.130 e. The van der Waals surface area contributed by atoms with Crippen LogP contribution in [0.2, 0.25) is 0 Å². The molecule has 0 aliphatic carbocycles. The molecule has 0 unspecified atom stereocenters. The van der Waals surface area contributed by atoms with Crippen LogP contribution in [0.15, 0.2) is 30.3 Å². The van der Waals surface area contributed by atoms with Gasteiger partial charge in [-0.05, 0) is 29.7 Å². The Kier molecular flexibility index (Phi) is 6.06. The zero-order valence-corrected chi connectivity index (χ0v) is 14.4. The van der Waals surface area contributed by atoms with Crippen LogP contribution in [0.5, 0.6) is 23.0 Å². The van der Waals surface area contributed by atoms with Gasteiger partial charge in [-0.15, -0.1) is 0 Å². The second kappa shape index (κ2) is 7.85. The Morgan fingerprint density at radius 2 is 1.83 bits per heavy atom. The molecule has 24 heavy (non-hydrogen) atoms. The zero-order chi connectivity index (χ0) is 16.4. The molecule has 3 rings (SSSR count). The average Bonchev–Trinajstić information content (AvgIpc) is 2.56. The number of hydrogen-bond acceptors (Lipinski definition) is 5. The van der Waals surface area contributed by atoms with E-state index in [4.69, 9.17) is 9.47 Å². The van der Waals surface area contributed by atoms with E-state index < -0.39 is 0 Å². The second-order valence-corrected chi connectivity index (χ2v) is 5.74. The Hall–Kier alpha value is -1.80. The van der Waals surface area contributed by atoms with Gasteiger partial charge in [-0.1, -0.05) is 6.07 Å². The van der Waals surface area contributed by atoms with Crippen LogP contribution in [-0.4, -0.2) is 54.7 Å². The summed E-state index contributed by atoms with van der Waals surface area (Å²) in [6, 6.07) is 8.90. The molecule has 0 spiro atoms. The Balaban J connectivity index is 0.00000208. The third kappa shape index (κ3) is 3.81. The van der Waals surface area contributed by atoms with Crippen molar-refractivity contribution in [2.45, 2.75) is 19.5 Å². The van der Waals surface area contributed by atoms with Crippen molar-refractivity contribution in [2.75, 3.05) is 20.8 Å². The summed E-state index contributed by atoms with van der Waals surface area (Å²) < 4.78 is 10.6. The average molecular weight is 322 g/mol. The van der Waals surface area contributed by atoms with Gasteiger partial charge in [0.25, 0.3) is 0 Å². The van der Waals surface area contributed by atoms with E-state index in [1.807, 2.05) is 12.1 Å². The SMILES string of the molecule is COc1cc(O)c(CN2CCc3cc(O)ccc3C2)c(OC)c1.[Li]. The molecule has 1 heterocycles. The minimum atomic E-state index is 0. The molecule has 2 aromatic rings. The van der Waals surface area contributed by atoms with Crippen molar-refractivity contribution in [1.82, 2.24) is 4.90 Å². The molecule has 1 aliphatic heterocycles. The monoisotopic (exact) mass is 322 g/mol. The van der Waals surface area contributed by atoms with Crippen molar-refractivity contribution in [3.63, 3.8) is 0 Å². The fourth-order valence-electron chi connectivity index (χ4n) is 3.02. The summed E-state index contributed by atoms with van der Waals surface area (Å²) in [5.74, 6) is 1.69. The zero-order valence-electron chi connectivity index (χ0n) is 14.4. The number of phenols is 2. The maximum absolute atomic E-state index is 10.3. The van der Waals surface area contributed by atoms with Crippen molar-refractivity contribution in [3.8, 4) is 23.0 Å². The molecular formula is C18H21LiNO4. The molecule has 1 radical (unpaired) electrons. The van der Waals surface area contributed by atoms with Crippen LogP contribution in [0, 0.1) is 0 Å². The van der Waals surface area contributed by atoms with Gasteiger partial charge in [-0.2, -0.15) is 0 Å². The first-order valence-corrected chi connectivity index (χ1v) is 7.57. The summed E-state index contributed by atoms with van der Waals surface area (Å²) >= 11 is 0. The number of benzene rings is 2. The molecule has 123 valence electrons. The summed E-state index contributed by atoms with van der Waals surface area (Å²) in [5.41, 5.74) is 3.16. The molecule has 0 saturated heterocycles. The summed E-state index contributed by atoms with van der Waals surface area (Å²) in [6.07, 6.45) is 0.878. The van der Waals surface area contributed by atoms with E-state index in [2.05, 4.69) is 4.90 Å². The van der Waals surface area contributed by atoms with Gasteiger partial charge in [0.1, 0.15) is 23.0 Å². The van der Waals surface area contributed by atoms with E-state index in [9.17, 15) is 10.2 Å². The largest absolute Gasteiger partial charge is 0.508 e. The van der Waals surface area contributed by atoms with Crippen LogP contribution in [0.3, 0.4) is 0 Å². The van der Waals surface area contributed by atoms with Gasteiger partial charge in [-0.25, -0.2) is 0 Å². The second-order valence-electron chi connectivity index (χ2n) is 5.74. The fourth-order valence-corrected chi connectivity index (χ4v) is 3.02. The molecule has 5 nitrogen and oxygen atoms in total. The normalized spacial score (nSPS) is 13.8. The van der Waals surface area contributed by atoms with Gasteiger partial charge in [0.15, 0.2) is 0 Å². The van der Waals surface area contributed by atoms with Crippen molar-refractivity contribution in [3.05, 3.63) is 47.0 Å². The van der Waals surface area contributed by atoms with E-state index in [1.165, 1.54) is 11.1 Å². The standard InChI is InChI=1S/C18H21NO4.Li/c1-22-15-8-17(21)16(18(9-15)23-2)11-19-6-5-12-7-14(20)4-3-13(12)10-19;/h3-4,7-9,20-21H,5-6,10-11H2,1-2H3;. The molecule has 0 saturated carbocycles. The predicted molar refractivity (Wildman–Crippen MR) is 92.9 cm³/mol. The van der Waals surface area contributed by atoms with E-state index in [-0.39, 0.29) is 24.6 Å². The molecule has 6 heteroatoms. The number of rotatable bonds is 4. The van der Waals surface area contributed by atoms with Crippen LogP contribution < -0.4 is 9.47 Å². The van der Waals surface area contributed by atoms with Crippen LogP contribution >= 0.6 is 0 Å². The number of fused-ring (bicyclic) bond motifs is 1. The Labute approximate surface area is 154 Å². The van der Waals surface area contributed by atoms with Gasteiger partial charge in [0.2, 0.25) is 0 Å². The Morgan fingerprint density at radius 3 is 2.54 bits per heavy atom. The van der Waals surface area contributed by atoms with E-state index in [0.717, 1.165) is 25.1 Å². The maximum atomic E-state index is 10.3. The Bertz CT molecular complexity index is 720. The predicted octanol–water partition coefficient (Wildman–Crippen LogP) is 2.29. The van der Waals surface area contributed by atoms with Gasteiger partial charge < -0.3 is 19.7 Å². The molecule has 0 aromatic heterocycles. The number of methoxy groups -OCH3 is 2. The molecule has 1 aliphatic rings. The number of aromatic hydroxyl groups is 2. The number of nitrogens with zero attached hydrogens (tertiary/aromatic N) is 1. The fraction of sp³-hybridized carbons (Fsp3) is 0.333. The molecule has 0 atom stereocenters. The minimum Gasteiger partial charge on any atom is -0.508 e. The van der Waals surface area contributed by atoms with E-state index in [0.29, 0.717) is 23.8 Å². The van der Waals surface area contributed by atoms with Crippen molar-refractivity contribution in [1.29, 1.82) is 0 Å². The quantitative estimate of drug-likeness (QED) is 0.846. The maximum Gasteiger partial charge on any atom is 0.130 e. The first-order valence-electron chi connectivity index (χ1n) is 7.57. The molecule has 0 fully saturated rings. The van der Waals surface area contributed by atoms with Crippen LogP contribution in [0.25, 0.3) is 0 Å².